The summed E-state index contributed by atoms with van der Waals surface area (Å²) in [6.07, 6.45) is 2.12. The quantitative estimate of drug-likeness (QED) is 0.396. The van der Waals surface area contributed by atoms with Gasteiger partial charge in [0.1, 0.15) is 17.3 Å². The fourth-order valence-electron chi connectivity index (χ4n) is 3.02. The van der Waals surface area contributed by atoms with Gasteiger partial charge in [-0.05, 0) is 67.4 Å². The van der Waals surface area contributed by atoms with Gasteiger partial charge >= 0.3 is 0 Å². The summed E-state index contributed by atoms with van der Waals surface area (Å²) in [6.45, 7) is 2.57. The lowest BCUT2D eigenvalue weighted by Crippen LogP contribution is -2.25. The highest BCUT2D eigenvalue weighted by Crippen LogP contribution is 2.25. The van der Waals surface area contributed by atoms with E-state index in [1.807, 2.05) is 67.6 Å². The number of halogens is 1. The van der Waals surface area contributed by atoms with Crippen LogP contribution < -0.4 is 10.1 Å². The third-order valence-corrected chi connectivity index (χ3v) is 5.85. The molecule has 0 saturated carbocycles. The Morgan fingerprint density at radius 3 is 2.65 bits per heavy atom. The lowest BCUT2D eigenvalue weighted by Gasteiger charge is -2.07. The third kappa shape index (κ3) is 5.57. The van der Waals surface area contributed by atoms with Crippen LogP contribution in [-0.4, -0.2) is 29.1 Å². The number of benzene rings is 2. The Morgan fingerprint density at radius 1 is 1.13 bits per heavy atom. The van der Waals surface area contributed by atoms with Crippen molar-refractivity contribution < 1.29 is 13.9 Å². The largest absolute Gasteiger partial charge is 0.494 e. The lowest BCUT2D eigenvalue weighted by atomic mass is 10.1. The van der Waals surface area contributed by atoms with Gasteiger partial charge in [0.05, 0.1) is 18.1 Å². The first-order chi connectivity index (χ1) is 15.1. The smallest absolute Gasteiger partial charge is 0.239 e. The predicted octanol–water partition coefficient (Wildman–Crippen LogP) is 5.16. The monoisotopic (exact) mass is 453 g/mol. The van der Waals surface area contributed by atoms with Crippen molar-refractivity contribution >= 4 is 40.7 Å². The van der Waals surface area contributed by atoms with Gasteiger partial charge in [-0.3, -0.25) is 4.79 Å². The summed E-state index contributed by atoms with van der Waals surface area (Å²) < 4.78 is 11.2. The SMILES string of the molecule is CCOc1ccc(CC2S/C(=N/N=C/c3ccc(-c4ccc(Cl)cc4)o3)NC2=O)cc1. The van der Waals surface area contributed by atoms with Crippen LogP contribution in [0.4, 0.5) is 0 Å². The molecular formula is C23H20ClN3O3S. The second-order valence-electron chi connectivity index (χ2n) is 6.74. The first-order valence-electron chi connectivity index (χ1n) is 9.77. The average molecular weight is 454 g/mol. The molecule has 31 heavy (non-hydrogen) atoms. The van der Waals surface area contributed by atoms with E-state index in [4.69, 9.17) is 20.8 Å². The summed E-state index contributed by atoms with van der Waals surface area (Å²) in [4.78, 5) is 12.3. The molecule has 4 rings (SSSR count). The summed E-state index contributed by atoms with van der Waals surface area (Å²) in [5.41, 5.74) is 1.98. The Kier molecular flexibility index (Phi) is 6.74. The molecule has 1 aromatic heterocycles. The molecule has 1 N–H and O–H groups in total. The number of thioether (sulfide) groups is 1. The minimum Gasteiger partial charge on any atom is -0.494 e. The number of carbonyl (C=O) groups excluding carboxylic acids is 1. The second kappa shape index (κ2) is 9.85. The van der Waals surface area contributed by atoms with Crippen molar-refractivity contribution in [2.45, 2.75) is 18.6 Å². The molecule has 0 bridgehead atoms. The molecule has 1 saturated heterocycles. The first-order valence-corrected chi connectivity index (χ1v) is 11.0. The standard InChI is InChI=1S/C23H20ClN3O3S/c1-2-29-18-9-3-15(4-10-18)13-21-22(28)26-23(31-21)27-25-14-19-11-12-20(30-19)16-5-7-17(24)8-6-16/h3-12,14,21H,2,13H2,1H3,(H,26,27,28)/b25-14+. The summed E-state index contributed by atoms with van der Waals surface area (Å²) in [6, 6.07) is 18.8. The summed E-state index contributed by atoms with van der Waals surface area (Å²) in [7, 11) is 0. The van der Waals surface area contributed by atoms with Crippen LogP contribution in [0.5, 0.6) is 5.75 Å². The van der Waals surface area contributed by atoms with E-state index in [2.05, 4.69) is 15.5 Å². The predicted molar refractivity (Wildman–Crippen MR) is 125 cm³/mol. The number of carbonyl (C=O) groups is 1. The van der Waals surface area contributed by atoms with Crippen molar-refractivity contribution in [2.24, 2.45) is 10.2 Å². The molecule has 1 fully saturated rings. The second-order valence-corrected chi connectivity index (χ2v) is 8.36. The maximum Gasteiger partial charge on any atom is 0.239 e. The molecule has 0 radical (unpaired) electrons. The van der Waals surface area contributed by atoms with Crippen LogP contribution in [-0.2, 0) is 11.2 Å². The zero-order valence-corrected chi connectivity index (χ0v) is 18.3. The highest BCUT2D eigenvalue weighted by atomic mass is 35.5. The van der Waals surface area contributed by atoms with Crippen molar-refractivity contribution in [3.05, 3.63) is 77.0 Å². The molecule has 158 valence electrons. The van der Waals surface area contributed by atoms with E-state index >= 15 is 0 Å². The highest BCUT2D eigenvalue weighted by molar-refractivity contribution is 8.15. The van der Waals surface area contributed by atoms with Crippen LogP contribution in [0.15, 0.2) is 75.3 Å². The van der Waals surface area contributed by atoms with E-state index in [-0.39, 0.29) is 11.2 Å². The normalized spacial score (nSPS) is 17.4. The van der Waals surface area contributed by atoms with Crippen LogP contribution >= 0.6 is 23.4 Å². The third-order valence-electron chi connectivity index (χ3n) is 4.52. The van der Waals surface area contributed by atoms with Gasteiger partial charge in [-0.25, -0.2) is 0 Å². The first kappa shape index (κ1) is 21.2. The number of amides is 1. The molecule has 8 heteroatoms. The Hall–Kier alpha value is -3.03. The molecule has 3 aromatic rings. The summed E-state index contributed by atoms with van der Waals surface area (Å²) in [5, 5.41) is 11.8. The number of ether oxygens (including phenoxy) is 1. The van der Waals surface area contributed by atoms with Crippen molar-refractivity contribution in [3.63, 3.8) is 0 Å². The van der Waals surface area contributed by atoms with E-state index in [0.717, 1.165) is 16.9 Å². The van der Waals surface area contributed by atoms with Gasteiger partial charge in [0.25, 0.3) is 0 Å². The van der Waals surface area contributed by atoms with Gasteiger partial charge in [0.15, 0.2) is 5.17 Å². The lowest BCUT2D eigenvalue weighted by molar-refractivity contribution is -0.118. The van der Waals surface area contributed by atoms with Gasteiger partial charge in [0.2, 0.25) is 5.91 Å². The molecule has 0 spiro atoms. The fourth-order valence-corrected chi connectivity index (χ4v) is 4.11. The van der Waals surface area contributed by atoms with E-state index in [0.29, 0.717) is 34.7 Å². The molecular weight excluding hydrogens is 434 g/mol. The van der Waals surface area contributed by atoms with E-state index in [1.54, 1.807) is 0 Å². The number of nitrogens with zero attached hydrogens (tertiary/aromatic N) is 2. The topological polar surface area (TPSA) is 76.2 Å². The molecule has 1 aliphatic rings. The van der Waals surface area contributed by atoms with Crippen molar-refractivity contribution in [1.29, 1.82) is 0 Å². The minimum atomic E-state index is -0.244. The number of furan rings is 1. The molecule has 6 nitrogen and oxygen atoms in total. The number of hydrogen-bond donors (Lipinski definition) is 1. The van der Waals surface area contributed by atoms with Crippen molar-refractivity contribution in [2.75, 3.05) is 6.61 Å². The zero-order chi connectivity index (χ0) is 21.6. The molecule has 1 unspecified atom stereocenters. The molecule has 1 aliphatic heterocycles. The Balaban J connectivity index is 1.35. The fraction of sp³-hybridized carbons (Fsp3) is 0.174. The Morgan fingerprint density at radius 2 is 1.90 bits per heavy atom. The average Bonchev–Trinajstić information content (AvgIpc) is 3.37. The van der Waals surface area contributed by atoms with Gasteiger partial charge in [0, 0.05) is 10.6 Å². The molecule has 1 amide bonds. The van der Waals surface area contributed by atoms with Gasteiger partial charge in [-0.2, -0.15) is 5.10 Å². The number of hydrogen-bond acceptors (Lipinski definition) is 6. The summed E-state index contributed by atoms with van der Waals surface area (Å²) in [5.74, 6) is 2.03. The van der Waals surface area contributed by atoms with Gasteiger partial charge < -0.3 is 14.5 Å². The minimum absolute atomic E-state index is 0.0733. The Bertz CT molecular complexity index is 1110. The van der Waals surface area contributed by atoms with Crippen molar-refractivity contribution in [1.82, 2.24) is 5.32 Å². The van der Waals surface area contributed by atoms with Crippen LogP contribution in [0.2, 0.25) is 5.02 Å². The van der Waals surface area contributed by atoms with E-state index in [1.165, 1.54) is 18.0 Å². The van der Waals surface area contributed by atoms with E-state index in [9.17, 15) is 4.79 Å². The summed E-state index contributed by atoms with van der Waals surface area (Å²) >= 11 is 7.28. The maximum atomic E-state index is 12.3. The molecule has 0 aliphatic carbocycles. The maximum absolute atomic E-state index is 12.3. The number of amidine groups is 1. The molecule has 2 aromatic carbocycles. The van der Waals surface area contributed by atoms with Crippen LogP contribution in [0, 0.1) is 0 Å². The molecule has 2 heterocycles. The van der Waals surface area contributed by atoms with Crippen LogP contribution in [0.1, 0.15) is 18.2 Å². The van der Waals surface area contributed by atoms with Crippen molar-refractivity contribution in [3.8, 4) is 17.1 Å². The van der Waals surface area contributed by atoms with E-state index < -0.39 is 0 Å². The number of nitrogens with one attached hydrogen (secondary N) is 1. The highest BCUT2D eigenvalue weighted by Gasteiger charge is 2.30. The Labute approximate surface area is 189 Å². The van der Waals surface area contributed by atoms with Gasteiger partial charge in [-0.1, -0.05) is 35.5 Å². The molecule has 1 atom stereocenters. The van der Waals surface area contributed by atoms with Crippen LogP contribution in [0.25, 0.3) is 11.3 Å². The number of rotatable bonds is 7. The van der Waals surface area contributed by atoms with Crippen LogP contribution in [0.3, 0.4) is 0 Å². The zero-order valence-electron chi connectivity index (χ0n) is 16.7. The van der Waals surface area contributed by atoms with Gasteiger partial charge in [-0.15, -0.1) is 5.10 Å².